The summed E-state index contributed by atoms with van der Waals surface area (Å²) in [4.78, 5) is 15.2. The predicted octanol–water partition coefficient (Wildman–Crippen LogP) is 1.27. The van der Waals surface area contributed by atoms with Crippen molar-refractivity contribution in [3.05, 3.63) is 17.7 Å². The highest BCUT2D eigenvalue weighted by Gasteiger charge is 2.41. The number of carboxylic acid groups (broad SMARTS) is 1. The maximum absolute atomic E-state index is 13.2. The smallest absolute Gasteiger partial charge is 0.330 e. The normalized spacial score (nSPS) is 20.3. The molecule has 1 aromatic rings. The van der Waals surface area contributed by atoms with Gasteiger partial charge in [0.1, 0.15) is 6.17 Å². The number of nitrogens with two attached hydrogens (primary N) is 1. The van der Waals surface area contributed by atoms with Crippen molar-refractivity contribution in [3.63, 3.8) is 0 Å². The number of hydrogen-bond donors (Lipinski definition) is 2. The molecule has 0 saturated carbocycles. The molecule has 1 unspecified atom stereocenters. The Morgan fingerprint density at radius 2 is 2.33 bits per heavy atom. The molecule has 0 spiro atoms. The van der Waals surface area contributed by atoms with Crippen molar-refractivity contribution in [1.29, 1.82) is 0 Å². The highest BCUT2D eigenvalue weighted by atomic mass is 35.5. The number of carbonyl (C=O) groups is 1. The monoisotopic (exact) mass is 299 g/mol. The Morgan fingerprint density at radius 3 is 2.83 bits per heavy atom. The van der Waals surface area contributed by atoms with Crippen LogP contribution in [0.1, 0.15) is 24.7 Å². The Hall–Kier alpha value is -0.850. The number of carboxylic acids is 1. The number of alkyl halides is 1. The van der Waals surface area contributed by atoms with Gasteiger partial charge < -0.3 is 15.4 Å². The molecule has 104 valence electrons. The van der Waals surface area contributed by atoms with Gasteiger partial charge >= 0.3 is 5.97 Å². The SMILES string of the molecule is CCC(N)(C(=O)O)c1ncn2c1C[C@@H](F)C2.Cl.Cl. The molecule has 2 heterocycles. The molecule has 5 nitrogen and oxygen atoms in total. The third kappa shape index (κ3) is 2.46. The molecule has 0 amide bonds. The molecular formula is C10H16Cl2FN3O2. The van der Waals surface area contributed by atoms with Crippen LogP contribution < -0.4 is 5.73 Å². The van der Waals surface area contributed by atoms with E-state index >= 15 is 0 Å². The summed E-state index contributed by atoms with van der Waals surface area (Å²) in [6, 6.07) is 0. The third-order valence-electron chi connectivity index (χ3n) is 3.12. The Bertz CT molecular complexity index is 441. The minimum atomic E-state index is -1.51. The van der Waals surface area contributed by atoms with E-state index in [0.29, 0.717) is 11.4 Å². The maximum atomic E-state index is 13.2. The fraction of sp³-hybridized carbons (Fsp3) is 0.600. The lowest BCUT2D eigenvalue weighted by atomic mass is 9.91. The first-order valence-electron chi connectivity index (χ1n) is 5.20. The van der Waals surface area contributed by atoms with E-state index in [0.717, 1.165) is 0 Å². The van der Waals surface area contributed by atoms with Gasteiger partial charge in [-0.3, -0.25) is 0 Å². The lowest BCUT2D eigenvalue weighted by Crippen LogP contribution is -2.45. The van der Waals surface area contributed by atoms with E-state index in [4.69, 9.17) is 10.8 Å². The molecule has 1 aliphatic heterocycles. The van der Waals surface area contributed by atoms with Crippen LogP contribution in [0, 0.1) is 0 Å². The molecule has 18 heavy (non-hydrogen) atoms. The van der Waals surface area contributed by atoms with E-state index in [1.54, 1.807) is 11.5 Å². The Labute approximate surface area is 116 Å². The van der Waals surface area contributed by atoms with Gasteiger partial charge in [0.15, 0.2) is 5.54 Å². The van der Waals surface area contributed by atoms with E-state index in [1.807, 2.05) is 0 Å². The quantitative estimate of drug-likeness (QED) is 0.881. The van der Waals surface area contributed by atoms with Gasteiger partial charge in [-0.05, 0) is 6.42 Å². The first-order chi connectivity index (χ1) is 7.49. The molecule has 8 heteroatoms. The van der Waals surface area contributed by atoms with Crippen molar-refractivity contribution in [3.8, 4) is 0 Å². The molecular weight excluding hydrogens is 284 g/mol. The van der Waals surface area contributed by atoms with E-state index in [-0.39, 0.29) is 44.2 Å². The van der Waals surface area contributed by atoms with Gasteiger partial charge in [0.2, 0.25) is 0 Å². The van der Waals surface area contributed by atoms with Crippen LogP contribution in [0.25, 0.3) is 0 Å². The van der Waals surface area contributed by atoms with Crippen LogP contribution in [-0.4, -0.2) is 26.8 Å². The lowest BCUT2D eigenvalue weighted by molar-refractivity contribution is -0.144. The number of rotatable bonds is 3. The summed E-state index contributed by atoms with van der Waals surface area (Å²) in [6.45, 7) is 1.92. The highest BCUT2D eigenvalue weighted by molar-refractivity contribution is 5.85. The number of hydrogen-bond acceptors (Lipinski definition) is 3. The van der Waals surface area contributed by atoms with Gasteiger partial charge in [-0.2, -0.15) is 0 Å². The largest absolute Gasteiger partial charge is 0.480 e. The minimum Gasteiger partial charge on any atom is -0.480 e. The van der Waals surface area contributed by atoms with Crippen molar-refractivity contribution in [2.24, 2.45) is 5.73 Å². The van der Waals surface area contributed by atoms with Crippen LogP contribution in [0.3, 0.4) is 0 Å². The first kappa shape index (κ1) is 17.2. The van der Waals surface area contributed by atoms with Gasteiger partial charge in [0.05, 0.1) is 18.6 Å². The summed E-state index contributed by atoms with van der Waals surface area (Å²) >= 11 is 0. The second-order valence-electron chi connectivity index (χ2n) is 4.12. The maximum Gasteiger partial charge on any atom is 0.330 e. The number of imidazole rings is 1. The molecule has 0 bridgehead atoms. The Kier molecular flexibility index (Phi) is 5.58. The fourth-order valence-corrected chi connectivity index (χ4v) is 2.06. The van der Waals surface area contributed by atoms with Crippen LogP contribution >= 0.6 is 24.8 Å². The van der Waals surface area contributed by atoms with Crippen molar-refractivity contribution in [2.45, 2.75) is 38.0 Å². The second kappa shape index (κ2) is 5.86. The van der Waals surface area contributed by atoms with Crippen molar-refractivity contribution in [2.75, 3.05) is 0 Å². The van der Waals surface area contributed by atoms with E-state index < -0.39 is 17.7 Å². The van der Waals surface area contributed by atoms with Crippen LogP contribution in [0.5, 0.6) is 0 Å². The fourth-order valence-electron chi connectivity index (χ4n) is 2.06. The number of aromatic nitrogens is 2. The second-order valence-corrected chi connectivity index (χ2v) is 4.12. The average Bonchev–Trinajstić information content (AvgIpc) is 2.74. The summed E-state index contributed by atoms with van der Waals surface area (Å²) in [5, 5.41) is 9.13. The molecule has 0 fully saturated rings. The number of fused-ring (bicyclic) bond motifs is 1. The molecule has 0 saturated heterocycles. The summed E-state index contributed by atoms with van der Waals surface area (Å²) < 4.78 is 14.8. The van der Waals surface area contributed by atoms with Crippen LogP contribution in [0.4, 0.5) is 4.39 Å². The minimum absolute atomic E-state index is 0. The lowest BCUT2D eigenvalue weighted by Gasteiger charge is -2.21. The molecule has 1 aliphatic rings. The number of halogens is 3. The number of aliphatic carboxylic acids is 1. The highest BCUT2D eigenvalue weighted by Crippen LogP contribution is 2.29. The Morgan fingerprint density at radius 1 is 1.72 bits per heavy atom. The van der Waals surface area contributed by atoms with Crippen LogP contribution in [0.15, 0.2) is 6.33 Å². The molecule has 0 radical (unpaired) electrons. The van der Waals surface area contributed by atoms with Crippen LogP contribution in [0.2, 0.25) is 0 Å². The molecule has 1 aromatic heterocycles. The molecule has 0 aliphatic carbocycles. The zero-order chi connectivity index (χ0) is 11.9. The summed E-state index contributed by atoms with van der Waals surface area (Å²) in [6.07, 6.45) is 0.918. The summed E-state index contributed by atoms with van der Waals surface area (Å²) in [7, 11) is 0. The molecule has 3 N–H and O–H groups in total. The first-order valence-corrected chi connectivity index (χ1v) is 5.20. The van der Waals surface area contributed by atoms with E-state index in [9.17, 15) is 9.18 Å². The molecule has 2 rings (SSSR count). The zero-order valence-corrected chi connectivity index (χ0v) is 11.4. The van der Waals surface area contributed by atoms with Crippen molar-refractivity contribution >= 4 is 30.8 Å². The molecule has 0 aromatic carbocycles. The Balaban J connectivity index is 0.00000144. The number of nitrogens with zero attached hydrogens (tertiary/aromatic N) is 2. The molecule has 2 atom stereocenters. The average molecular weight is 300 g/mol. The van der Waals surface area contributed by atoms with Gasteiger partial charge in [-0.15, -0.1) is 24.8 Å². The van der Waals surface area contributed by atoms with Gasteiger partial charge in [0, 0.05) is 12.1 Å². The summed E-state index contributed by atoms with van der Waals surface area (Å²) in [5.74, 6) is -1.13. The van der Waals surface area contributed by atoms with Crippen molar-refractivity contribution in [1.82, 2.24) is 9.55 Å². The predicted molar refractivity (Wildman–Crippen MR) is 69.1 cm³/mol. The van der Waals surface area contributed by atoms with E-state index in [1.165, 1.54) is 6.33 Å². The van der Waals surface area contributed by atoms with Gasteiger partial charge in [-0.25, -0.2) is 14.2 Å². The third-order valence-corrected chi connectivity index (χ3v) is 3.12. The van der Waals surface area contributed by atoms with Gasteiger partial charge in [-0.1, -0.05) is 6.92 Å². The standard InChI is InChI=1S/C10H14FN3O2.2ClH/c1-2-10(12,9(15)16)8-7-3-6(11)4-14(7)5-13-8;;/h5-6H,2-4,12H2,1H3,(H,15,16);2*1H/t6-,10?;;/m1../s1. The zero-order valence-electron chi connectivity index (χ0n) is 9.80. The van der Waals surface area contributed by atoms with E-state index in [2.05, 4.69) is 4.98 Å². The van der Waals surface area contributed by atoms with Crippen LogP contribution in [-0.2, 0) is 23.3 Å². The topological polar surface area (TPSA) is 81.1 Å². The van der Waals surface area contributed by atoms with Gasteiger partial charge in [0.25, 0.3) is 0 Å². The summed E-state index contributed by atoms with van der Waals surface area (Å²) in [5.41, 5.74) is 5.22. The van der Waals surface area contributed by atoms with Crippen molar-refractivity contribution < 1.29 is 14.3 Å².